The van der Waals surface area contributed by atoms with Crippen LogP contribution in [0.1, 0.15) is 11.3 Å². The molecule has 2 aromatic rings. The monoisotopic (exact) mass is 263 g/mol. The lowest BCUT2D eigenvalue weighted by Crippen LogP contribution is -2.20. The zero-order valence-corrected chi connectivity index (χ0v) is 11.1. The Bertz CT molecular complexity index is 628. The fourth-order valence-electron chi connectivity index (χ4n) is 1.88. The summed E-state index contributed by atoms with van der Waals surface area (Å²) >= 11 is 6.07. The topological polar surface area (TPSA) is 42.2 Å². The molecule has 0 spiro atoms. The van der Waals surface area contributed by atoms with Crippen LogP contribution in [0, 0.1) is 6.92 Å². The highest BCUT2D eigenvalue weighted by atomic mass is 35.5. The Kier molecular flexibility index (Phi) is 3.43. The van der Waals surface area contributed by atoms with Crippen molar-refractivity contribution in [2.24, 2.45) is 0 Å². The molecule has 4 heteroatoms. The molecule has 0 aliphatic rings. The molecule has 0 bridgehead atoms. The van der Waals surface area contributed by atoms with Crippen LogP contribution < -0.4 is 5.32 Å². The van der Waals surface area contributed by atoms with Gasteiger partial charge < -0.3 is 9.73 Å². The van der Waals surface area contributed by atoms with Crippen LogP contribution in [0.2, 0.25) is 5.02 Å². The fraction of sp³-hybridized carbons (Fsp3) is 0.214. The Hall–Kier alpha value is -1.74. The predicted molar refractivity (Wildman–Crippen MR) is 72.9 cm³/mol. The van der Waals surface area contributed by atoms with Gasteiger partial charge in [-0.2, -0.15) is 0 Å². The number of nitrogens with one attached hydrogen (secondary N) is 1. The third-order valence-corrected chi connectivity index (χ3v) is 3.23. The van der Waals surface area contributed by atoms with Gasteiger partial charge in [0, 0.05) is 24.4 Å². The molecule has 0 unspecified atom stereocenters. The molecule has 1 N–H and O–H groups in total. The van der Waals surface area contributed by atoms with Crippen molar-refractivity contribution < 1.29 is 9.21 Å². The smallest absolute Gasteiger partial charge is 0.246 e. The summed E-state index contributed by atoms with van der Waals surface area (Å²) in [5.74, 6) is 0.549. The summed E-state index contributed by atoms with van der Waals surface area (Å²) in [4.78, 5) is 11.4. The molecule has 0 atom stereocenters. The van der Waals surface area contributed by atoms with Crippen LogP contribution in [-0.4, -0.2) is 13.0 Å². The van der Waals surface area contributed by atoms with E-state index in [1.54, 1.807) is 13.1 Å². The molecule has 0 saturated carbocycles. The van der Waals surface area contributed by atoms with Crippen LogP contribution in [0.25, 0.3) is 11.0 Å². The Balaban J connectivity index is 2.41. The van der Waals surface area contributed by atoms with E-state index in [1.165, 1.54) is 0 Å². The second-order valence-electron chi connectivity index (χ2n) is 4.13. The van der Waals surface area contributed by atoms with Gasteiger partial charge in [0.1, 0.15) is 5.76 Å². The van der Waals surface area contributed by atoms with E-state index in [4.69, 9.17) is 16.0 Å². The maximum atomic E-state index is 11.4. The molecular formula is C14H14ClNO2. The summed E-state index contributed by atoms with van der Waals surface area (Å²) < 4.78 is 5.72. The van der Waals surface area contributed by atoms with Crippen molar-refractivity contribution in [1.82, 2.24) is 5.32 Å². The van der Waals surface area contributed by atoms with Gasteiger partial charge in [-0.15, -0.1) is 0 Å². The van der Waals surface area contributed by atoms with Crippen LogP contribution in [0.15, 0.2) is 34.8 Å². The van der Waals surface area contributed by atoms with Crippen molar-refractivity contribution >= 4 is 28.5 Å². The SMILES string of the molecule is C=C(Cc1oc2c(Cl)cccc2c1C)C(=O)NC. The van der Waals surface area contributed by atoms with E-state index in [2.05, 4.69) is 11.9 Å². The molecule has 0 aliphatic heterocycles. The number of carbonyl (C=O) groups is 1. The van der Waals surface area contributed by atoms with Crippen LogP contribution in [0.4, 0.5) is 0 Å². The summed E-state index contributed by atoms with van der Waals surface area (Å²) in [6, 6.07) is 5.61. The van der Waals surface area contributed by atoms with Crippen molar-refractivity contribution in [2.75, 3.05) is 7.05 Å². The van der Waals surface area contributed by atoms with E-state index in [0.717, 1.165) is 16.7 Å². The first kappa shape index (κ1) is 12.7. The van der Waals surface area contributed by atoms with E-state index in [-0.39, 0.29) is 5.91 Å². The first-order chi connectivity index (χ1) is 8.54. The number of halogens is 1. The first-order valence-electron chi connectivity index (χ1n) is 5.61. The van der Waals surface area contributed by atoms with Gasteiger partial charge in [-0.3, -0.25) is 4.79 Å². The minimum absolute atomic E-state index is 0.180. The van der Waals surface area contributed by atoms with Gasteiger partial charge in [0.05, 0.1) is 5.02 Å². The highest BCUT2D eigenvalue weighted by Crippen LogP contribution is 2.31. The van der Waals surface area contributed by atoms with Gasteiger partial charge in [-0.1, -0.05) is 30.3 Å². The molecule has 0 aliphatic carbocycles. The van der Waals surface area contributed by atoms with Crippen LogP contribution in [-0.2, 0) is 11.2 Å². The maximum Gasteiger partial charge on any atom is 0.246 e. The number of fused-ring (bicyclic) bond motifs is 1. The number of carbonyl (C=O) groups excluding carboxylic acids is 1. The quantitative estimate of drug-likeness (QED) is 0.864. The lowest BCUT2D eigenvalue weighted by atomic mass is 10.1. The number of furan rings is 1. The van der Waals surface area contributed by atoms with Gasteiger partial charge in [-0.25, -0.2) is 0 Å². The average Bonchev–Trinajstić information content (AvgIpc) is 2.68. The fourth-order valence-corrected chi connectivity index (χ4v) is 2.09. The molecule has 3 nitrogen and oxygen atoms in total. The van der Waals surface area contributed by atoms with Crippen LogP contribution in [0.5, 0.6) is 0 Å². The normalized spacial score (nSPS) is 10.6. The summed E-state index contributed by atoms with van der Waals surface area (Å²) in [5, 5.41) is 4.09. The Labute approximate surface area is 110 Å². The summed E-state index contributed by atoms with van der Waals surface area (Å²) in [6.45, 7) is 5.70. The van der Waals surface area contributed by atoms with Crippen molar-refractivity contribution in [3.63, 3.8) is 0 Å². The van der Waals surface area contributed by atoms with Crippen LogP contribution in [0.3, 0.4) is 0 Å². The first-order valence-corrected chi connectivity index (χ1v) is 5.98. The molecule has 1 aromatic carbocycles. The molecule has 1 heterocycles. The minimum atomic E-state index is -0.180. The predicted octanol–water partition coefficient (Wildman–Crippen LogP) is 3.24. The Morgan fingerprint density at radius 2 is 2.22 bits per heavy atom. The molecule has 0 radical (unpaired) electrons. The van der Waals surface area contributed by atoms with Gasteiger partial charge in [0.15, 0.2) is 5.58 Å². The molecule has 18 heavy (non-hydrogen) atoms. The largest absolute Gasteiger partial charge is 0.459 e. The Morgan fingerprint density at radius 1 is 1.50 bits per heavy atom. The molecule has 1 amide bonds. The summed E-state index contributed by atoms with van der Waals surface area (Å²) in [5.41, 5.74) is 2.13. The number of rotatable bonds is 3. The van der Waals surface area contributed by atoms with Crippen molar-refractivity contribution in [3.05, 3.63) is 46.7 Å². The van der Waals surface area contributed by atoms with E-state index >= 15 is 0 Å². The number of benzene rings is 1. The second kappa shape index (κ2) is 4.86. The zero-order valence-electron chi connectivity index (χ0n) is 10.3. The number of aryl methyl sites for hydroxylation is 1. The van der Waals surface area contributed by atoms with Gasteiger partial charge in [-0.05, 0) is 18.6 Å². The van der Waals surface area contributed by atoms with Crippen LogP contribution >= 0.6 is 11.6 Å². The second-order valence-corrected chi connectivity index (χ2v) is 4.53. The Morgan fingerprint density at radius 3 is 2.83 bits per heavy atom. The highest BCUT2D eigenvalue weighted by molar-refractivity contribution is 6.34. The maximum absolute atomic E-state index is 11.4. The number of likely N-dealkylation sites (N-methyl/N-ethyl adjacent to an activating group) is 1. The third kappa shape index (κ3) is 2.14. The standard InChI is InChI=1S/C14H14ClNO2/c1-8(14(17)16-3)7-12-9(2)10-5-4-6-11(15)13(10)18-12/h4-6H,1,7H2,2-3H3,(H,16,17). The van der Waals surface area contributed by atoms with Crippen molar-refractivity contribution in [2.45, 2.75) is 13.3 Å². The lowest BCUT2D eigenvalue weighted by molar-refractivity contribution is -0.117. The van der Waals surface area contributed by atoms with E-state index in [9.17, 15) is 4.79 Å². The average molecular weight is 264 g/mol. The highest BCUT2D eigenvalue weighted by Gasteiger charge is 2.15. The molecule has 1 aromatic heterocycles. The third-order valence-electron chi connectivity index (χ3n) is 2.94. The zero-order chi connectivity index (χ0) is 13.3. The van der Waals surface area contributed by atoms with Gasteiger partial charge in [0.2, 0.25) is 5.91 Å². The van der Waals surface area contributed by atoms with E-state index in [0.29, 0.717) is 22.6 Å². The summed E-state index contributed by atoms with van der Waals surface area (Å²) in [6.07, 6.45) is 0.385. The minimum Gasteiger partial charge on any atom is -0.459 e. The number of para-hydroxylation sites is 1. The molecular weight excluding hydrogens is 250 g/mol. The number of hydrogen-bond donors (Lipinski definition) is 1. The van der Waals surface area contributed by atoms with Gasteiger partial charge >= 0.3 is 0 Å². The molecule has 0 saturated heterocycles. The number of amides is 1. The molecule has 0 fully saturated rings. The molecule has 94 valence electrons. The van der Waals surface area contributed by atoms with E-state index in [1.807, 2.05) is 19.1 Å². The van der Waals surface area contributed by atoms with E-state index < -0.39 is 0 Å². The summed E-state index contributed by atoms with van der Waals surface area (Å²) in [7, 11) is 1.58. The van der Waals surface area contributed by atoms with Crippen molar-refractivity contribution in [1.29, 1.82) is 0 Å². The van der Waals surface area contributed by atoms with Crippen molar-refractivity contribution in [3.8, 4) is 0 Å². The number of hydrogen-bond acceptors (Lipinski definition) is 2. The lowest BCUT2D eigenvalue weighted by Gasteiger charge is -2.02. The van der Waals surface area contributed by atoms with Gasteiger partial charge in [0.25, 0.3) is 0 Å². The molecule has 2 rings (SSSR count).